The third kappa shape index (κ3) is 4.59. The molecule has 0 aliphatic heterocycles. The molecule has 0 fully saturated rings. The fourth-order valence-corrected chi connectivity index (χ4v) is 1.61. The molecule has 0 bridgehead atoms. The van der Waals surface area contributed by atoms with Gasteiger partial charge in [0.2, 0.25) is 0 Å². The van der Waals surface area contributed by atoms with E-state index in [1.807, 2.05) is 0 Å². The highest BCUT2D eigenvalue weighted by Gasteiger charge is 2.35. The van der Waals surface area contributed by atoms with E-state index in [4.69, 9.17) is 4.74 Å². The van der Waals surface area contributed by atoms with Gasteiger partial charge < -0.3 is 14.6 Å². The Morgan fingerprint density at radius 3 is 2.25 bits per heavy atom. The third-order valence-electron chi connectivity index (χ3n) is 1.92. The van der Waals surface area contributed by atoms with Crippen LogP contribution in [0.5, 0.6) is 11.5 Å². The highest BCUT2D eigenvalue weighted by molar-refractivity contribution is 9.10. The minimum absolute atomic E-state index is 0.0490. The number of phenolic OH excluding ortho intramolecular Hbond substituents is 1. The van der Waals surface area contributed by atoms with E-state index < -0.39 is 35.0 Å². The molecule has 0 aliphatic carbocycles. The number of esters is 1. The molecule has 0 aliphatic rings. The monoisotopic (exact) mass is 356 g/mol. The van der Waals surface area contributed by atoms with Crippen LogP contribution in [0.25, 0.3) is 0 Å². The van der Waals surface area contributed by atoms with E-state index in [1.165, 1.54) is 0 Å². The summed E-state index contributed by atoms with van der Waals surface area (Å²) >= 11 is 2.91. The van der Waals surface area contributed by atoms with E-state index >= 15 is 0 Å². The van der Waals surface area contributed by atoms with Gasteiger partial charge in [0, 0.05) is 0 Å². The summed E-state index contributed by atoms with van der Waals surface area (Å²) in [7, 11) is 0. The molecule has 1 aromatic carbocycles. The quantitative estimate of drug-likeness (QED) is 0.813. The van der Waals surface area contributed by atoms with Crippen molar-refractivity contribution in [3.8, 4) is 11.5 Å². The number of halogens is 4. The van der Waals surface area contributed by atoms with Crippen molar-refractivity contribution in [3.63, 3.8) is 0 Å². The predicted octanol–water partition coefficient (Wildman–Crippen LogP) is 4.01. The summed E-state index contributed by atoms with van der Waals surface area (Å²) in [6.45, 7) is 4.64. The lowest BCUT2D eigenvalue weighted by Gasteiger charge is -2.21. The summed E-state index contributed by atoms with van der Waals surface area (Å²) in [6, 6.07) is 2.04. The number of carbonyl (C=O) groups is 1. The van der Waals surface area contributed by atoms with Crippen molar-refractivity contribution in [2.45, 2.75) is 32.7 Å². The number of phenols is 1. The van der Waals surface area contributed by atoms with Gasteiger partial charge in [-0.15, -0.1) is 13.2 Å². The zero-order valence-corrected chi connectivity index (χ0v) is 12.4. The zero-order chi connectivity index (χ0) is 15.7. The van der Waals surface area contributed by atoms with Crippen molar-refractivity contribution in [1.29, 1.82) is 0 Å². The second-order valence-corrected chi connectivity index (χ2v) is 5.67. The Labute approximate surface area is 121 Å². The summed E-state index contributed by atoms with van der Waals surface area (Å²) in [6.07, 6.45) is -4.99. The summed E-state index contributed by atoms with van der Waals surface area (Å²) in [5.74, 6) is -2.62. The van der Waals surface area contributed by atoms with Crippen LogP contribution in [0.15, 0.2) is 16.6 Å². The topological polar surface area (TPSA) is 55.8 Å². The van der Waals surface area contributed by atoms with Crippen LogP contribution in [0.2, 0.25) is 0 Å². The number of alkyl halides is 3. The molecule has 0 saturated carbocycles. The SMILES string of the molecule is CC(C)(C)OC(=O)c1c(OC(F)(F)F)ccc(Br)c1O. The van der Waals surface area contributed by atoms with Gasteiger partial charge in [-0.2, -0.15) is 0 Å². The molecular formula is C12H12BrF3O4. The Hall–Kier alpha value is -1.44. The molecule has 20 heavy (non-hydrogen) atoms. The molecule has 0 spiro atoms. The number of benzene rings is 1. The van der Waals surface area contributed by atoms with E-state index in [1.54, 1.807) is 20.8 Å². The molecule has 0 radical (unpaired) electrons. The minimum atomic E-state index is -4.99. The molecule has 1 rings (SSSR count). The Morgan fingerprint density at radius 1 is 1.25 bits per heavy atom. The fraction of sp³-hybridized carbons (Fsp3) is 0.417. The Bertz CT molecular complexity index is 521. The second kappa shape index (κ2) is 5.51. The average molecular weight is 357 g/mol. The van der Waals surface area contributed by atoms with Crippen molar-refractivity contribution >= 4 is 21.9 Å². The average Bonchev–Trinajstić information content (AvgIpc) is 2.18. The molecule has 8 heteroatoms. The first kappa shape index (κ1) is 16.6. The standard InChI is InChI=1S/C12H12BrF3O4/c1-11(2,3)20-10(18)8-7(19-12(14,15)16)5-4-6(13)9(8)17/h4-5,17H,1-3H3. The molecular weight excluding hydrogens is 345 g/mol. The van der Waals surface area contributed by atoms with Crippen molar-refractivity contribution in [3.05, 3.63) is 22.2 Å². The van der Waals surface area contributed by atoms with Gasteiger partial charge >= 0.3 is 12.3 Å². The summed E-state index contributed by atoms with van der Waals surface area (Å²) in [4.78, 5) is 11.9. The first-order valence-corrected chi connectivity index (χ1v) is 6.20. The fourth-order valence-electron chi connectivity index (χ4n) is 1.28. The molecule has 0 aromatic heterocycles. The largest absolute Gasteiger partial charge is 0.573 e. The van der Waals surface area contributed by atoms with Crippen molar-refractivity contribution < 1.29 is 32.5 Å². The van der Waals surface area contributed by atoms with Crippen LogP contribution in [0.4, 0.5) is 13.2 Å². The van der Waals surface area contributed by atoms with Gasteiger partial charge in [0.05, 0.1) is 4.47 Å². The van der Waals surface area contributed by atoms with E-state index in [-0.39, 0.29) is 4.47 Å². The minimum Gasteiger partial charge on any atom is -0.506 e. The maximum absolute atomic E-state index is 12.3. The van der Waals surface area contributed by atoms with Crippen LogP contribution in [0.3, 0.4) is 0 Å². The van der Waals surface area contributed by atoms with Crippen LogP contribution < -0.4 is 4.74 Å². The van der Waals surface area contributed by atoms with Gasteiger partial charge in [0.1, 0.15) is 22.7 Å². The van der Waals surface area contributed by atoms with Gasteiger partial charge in [-0.3, -0.25) is 0 Å². The molecule has 0 amide bonds. The summed E-state index contributed by atoms with van der Waals surface area (Å²) in [5, 5.41) is 9.75. The van der Waals surface area contributed by atoms with Gasteiger partial charge in [-0.25, -0.2) is 4.79 Å². The third-order valence-corrected chi connectivity index (χ3v) is 2.56. The summed E-state index contributed by atoms with van der Waals surface area (Å²) in [5.41, 5.74) is -1.62. The van der Waals surface area contributed by atoms with Crippen molar-refractivity contribution in [1.82, 2.24) is 0 Å². The van der Waals surface area contributed by atoms with Crippen molar-refractivity contribution in [2.24, 2.45) is 0 Å². The lowest BCUT2D eigenvalue weighted by molar-refractivity contribution is -0.274. The smallest absolute Gasteiger partial charge is 0.506 e. The van der Waals surface area contributed by atoms with Gasteiger partial charge in [0.25, 0.3) is 0 Å². The zero-order valence-electron chi connectivity index (χ0n) is 10.8. The van der Waals surface area contributed by atoms with E-state index in [0.29, 0.717) is 0 Å². The van der Waals surface area contributed by atoms with Crippen LogP contribution in [0, 0.1) is 0 Å². The number of hydrogen-bond donors (Lipinski definition) is 1. The maximum Gasteiger partial charge on any atom is 0.573 e. The predicted molar refractivity (Wildman–Crippen MR) is 67.7 cm³/mol. The van der Waals surface area contributed by atoms with E-state index in [0.717, 1.165) is 12.1 Å². The molecule has 0 unspecified atom stereocenters. The van der Waals surface area contributed by atoms with E-state index in [9.17, 15) is 23.1 Å². The number of hydrogen-bond acceptors (Lipinski definition) is 4. The maximum atomic E-state index is 12.3. The summed E-state index contributed by atoms with van der Waals surface area (Å²) < 4.78 is 45.6. The lowest BCUT2D eigenvalue weighted by Crippen LogP contribution is -2.25. The number of ether oxygens (including phenoxy) is 2. The molecule has 4 nitrogen and oxygen atoms in total. The first-order chi connectivity index (χ1) is 8.91. The van der Waals surface area contributed by atoms with Crippen LogP contribution in [0.1, 0.15) is 31.1 Å². The Morgan fingerprint density at radius 2 is 1.80 bits per heavy atom. The highest BCUT2D eigenvalue weighted by atomic mass is 79.9. The Kier molecular flexibility index (Phi) is 4.58. The number of aromatic hydroxyl groups is 1. The molecule has 0 saturated heterocycles. The van der Waals surface area contributed by atoms with E-state index in [2.05, 4.69) is 20.7 Å². The van der Waals surface area contributed by atoms with Crippen LogP contribution in [-0.2, 0) is 4.74 Å². The molecule has 0 heterocycles. The van der Waals surface area contributed by atoms with Crippen LogP contribution in [-0.4, -0.2) is 23.0 Å². The van der Waals surface area contributed by atoms with Crippen molar-refractivity contribution in [2.75, 3.05) is 0 Å². The molecule has 1 aromatic rings. The Balaban J connectivity index is 3.27. The number of rotatable bonds is 2. The lowest BCUT2D eigenvalue weighted by atomic mass is 10.1. The van der Waals surface area contributed by atoms with Gasteiger partial charge in [-0.05, 0) is 48.8 Å². The molecule has 112 valence electrons. The highest BCUT2D eigenvalue weighted by Crippen LogP contribution is 2.38. The van der Waals surface area contributed by atoms with Gasteiger partial charge in [0.15, 0.2) is 0 Å². The molecule has 0 atom stereocenters. The van der Waals surface area contributed by atoms with Gasteiger partial charge in [-0.1, -0.05) is 0 Å². The second-order valence-electron chi connectivity index (χ2n) is 4.82. The molecule has 1 N–H and O–H groups in total. The normalized spacial score (nSPS) is 12.2. The first-order valence-electron chi connectivity index (χ1n) is 5.41. The van der Waals surface area contributed by atoms with Crippen LogP contribution >= 0.6 is 15.9 Å². The number of carbonyl (C=O) groups excluding carboxylic acids is 1.